The van der Waals surface area contributed by atoms with E-state index in [2.05, 4.69) is 11.9 Å². The molecule has 1 aromatic rings. The van der Waals surface area contributed by atoms with E-state index in [0.717, 1.165) is 0 Å². The maximum absolute atomic E-state index is 13.4. The molecule has 0 aliphatic heterocycles. The maximum atomic E-state index is 13.4. The van der Waals surface area contributed by atoms with E-state index in [1.54, 1.807) is 25.1 Å². The molecule has 0 aromatic heterocycles. The Bertz CT molecular complexity index is 466. The molecule has 90 valence electrons. The molecule has 0 spiro atoms. The Morgan fingerprint density at radius 2 is 2.24 bits per heavy atom. The Hall–Kier alpha value is -2.10. The fraction of sp³-hybridized carbons (Fsp3) is 0.154. The minimum Gasteiger partial charge on any atom is -0.492 e. The SMILES string of the molecule is C=C(C=O)/C(=C/C)Nc1cccc(F)c1OC. The largest absolute Gasteiger partial charge is 0.492 e. The molecule has 0 fully saturated rings. The van der Waals surface area contributed by atoms with Gasteiger partial charge in [0.05, 0.1) is 12.8 Å². The lowest BCUT2D eigenvalue weighted by atomic mass is 10.2. The standard InChI is InChI=1S/C13H14FNO2/c1-4-11(9(2)8-16)15-12-7-5-6-10(14)13(12)17-3/h4-8,15H,2H2,1,3H3/b11-4-. The monoisotopic (exact) mass is 235 g/mol. The molecule has 0 saturated carbocycles. The molecule has 17 heavy (non-hydrogen) atoms. The highest BCUT2D eigenvalue weighted by molar-refractivity contribution is 5.81. The van der Waals surface area contributed by atoms with Crippen LogP contribution in [0, 0.1) is 5.82 Å². The molecule has 0 unspecified atom stereocenters. The highest BCUT2D eigenvalue weighted by Crippen LogP contribution is 2.29. The third-order valence-electron chi connectivity index (χ3n) is 2.22. The fourth-order valence-corrected chi connectivity index (χ4v) is 1.36. The van der Waals surface area contributed by atoms with Gasteiger partial charge in [0.1, 0.15) is 0 Å². The van der Waals surface area contributed by atoms with Gasteiger partial charge >= 0.3 is 0 Å². The molecule has 0 aliphatic rings. The zero-order chi connectivity index (χ0) is 12.8. The van der Waals surface area contributed by atoms with Crippen LogP contribution in [0.2, 0.25) is 0 Å². The number of allylic oxidation sites excluding steroid dienone is 2. The van der Waals surface area contributed by atoms with E-state index in [0.29, 0.717) is 23.2 Å². The first-order valence-corrected chi connectivity index (χ1v) is 5.04. The van der Waals surface area contributed by atoms with E-state index in [1.807, 2.05) is 0 Å². The van der Waals surface area contributed by atoms with Crippen molar-refractivity contribution in [1.29, 1.82) is 0 Å². The minimum atomic E-state index is -0.468. The Morgan fingerprint density at radius 3 is 2.76 bits per heavy atom. The number of aldehydes is 1. The van der Waals surface area contributed by atoms with Gasteiger partial charge in [0.2, 0.25) is 0 Å². The van der Waals surface area contributed by atoms with E-state index in [-0.39, 0.29) is 5.75 Å². The average molecular weight is 235 g/mol. The number of nitrogens with one attached hydrogen (secondary N) is 1. The lowest BCUT2D eigenvalue weighted by Crippen LogP contribution is -2.05. The van der Waals surface area contributed by atoms with Crippen LogP contribution in [-0.2, 0) is 4.79 Å². The van der Waals surface area contributed by atoms with Gasteiger partial charge in [-0.1, -0.05) is 18.7 Å². The predicted octanol–water partition coefficient (Wildman–Crippen LogP) is 2.91. The van der Waals surface area contributed by atoms with Crippen LogP contribution >= 0.6 is 0 Å². The van der Waals surface area contributed by atoms with E-state index in [1.165, 1.54) is 13.2 Å². The summed E-state index contributed by atoms with van der Waals surface area (Å²) in [5, 5.41) is 2.91. The van der Waals surface area contributed by atoms with Crippen molar-refractivity contribution >= 4 is 12.0 Å². The topological polar surface area (TPSA) is 38.3 Å². The second-order valence-corrected chi connectivity index (χ2v) is 3.29. The van der Waals surface area contributed by atoms with Gasteiger partial charge in [-0.15, -0.1) is 0 Å². The number of rotatable bonds is 5. The molecule has 0 amide bonds. The van der Waals surface area contributed by atoms with Crippen molar-refractivity contribution in [2.45, 2.75) is 6.92 Å². The lowest BCUT2D eigenvalue weighted by molar-refractivity contribution is -0.104. The second-order valence-electron chi connectivity index (χ2n) is 3.29. The van der Waals surface area contributed by atoms with Crippen molar-refractivity contribution in [3.63, 3.8) is 0 Å². The number of carbonyl (C=O) groups excluding carboxylic acids is 1. The van der Waals surface area contributed by atoms with E-state index < -0.39 is 5.82 Å². The van der Waals surface area contributed by atoms with Crippen LogP contribution in [0.25, 0.3) is 0 Å². The summed E-state index contributed by atoms with van der Waals surface area (Å²) in [4.78, 5) is 10.6. The lowest BCUT2D eigenvalue weighted by Gasteiger charge is -2.13. The molecular weight excluding hydrogens is 221 g/mol. The normalized spacial score (nSPS) is 10.9. The van der Waals surface area contributed by atoms with E-state index in [4.69, 9.17) is 4.74 Å². The third kappa shape index (κ3) is 2.93. The molecule has 3 nitrogen and oxygen atoms in total. The predicted molar refractivity (Wildman–Crippen MR) is 65.5 cm³/mol. The molecule has 4 heteroatoms. The zero-order valence-corrected chi connectivity index (χ0v) is 9.79. The van der Waals surface area contributed by atoms with E-state index in [9.17, 15) is 9.18 Å². The van der Waals surface area contributed by atoms with Crippen molar-refractivity contribution in [1.82, 2.24) is 0 Å². The molecule has 0 bridgehead atoms. The van der Waals surface area contributed by atoms with Crippen molar-refractivity contribution in [3.8, 4) is 5.75 Å². The molecule has 0 radical (unpaired) electrons. The van der Waals surface area contributed by atoms with Crippen LogP contribution in [0.4, 0.5) is 10.1 Å². The third-order valence-corrected chi connectivity index (χ3v) is 2.22. The van der Waals surface area contributed by atoms with Gasteiger partial charge in [0, 0.05) is 11.3 Å². The number of halogens is 1. The van der Waals surface area contributed by atoms with Gasteiger partial charge in [-0.2, -0.15) is 0 Å². The van der Waals surface area contributed by atoms with Gasteiger partial charge in [0.15, 0.2) is 17.9 Å². The first-order chi connectivity index (χ1) is 8.13. The number of benzene rings is 1. The Labute approximate surface area is 99.6 Å². The molecule has 0 atom stereocenters. The molecule has 1 aromatic carbocycles. The first kappa shape index (κ1) is 13.0. The van der Waals surface area contributed by atoms with Crippen LogP contribution in [0.1, 0.15) is 6.92 Å². The summed E-state index contributed by atoms with van der Waals surface area (Å²) in [6.45, 7) is 5.34. The summed E-state index contributed by atoms with van der Waals surface area (Å²) in [5.41, 5.74) is 1.26. The zero-order valence-electron chi connectivity index (χ0n) is 9.79. The number of para-hydroxylation sites is 1. The number of anilines is 1. The number of ether oxygens (including phenoxy) is 1. The second kappa shape index (κ2) is 5.84. The van der Waals surface area contributed by atoms with Gasteiger partial charge in [-0.25, -0.2) is 4.39 Å². The van der Waals surface area contributed by atoms with Crippen molar-refractivity contribution in [3.05, 3.63) is 47.9 Å². The van der Waals surface area contributed by atoms with Crippen LogP contribution in [0.5, 0.6) is 5.75 Å². The van der Waals surface area contributed by atoms with Gasteiger partial charge in [-0.3, -0.25) is 4.79 Å². The first-order valence-electron chi connectivity index (χ1n) is 5.04. The van der Waals surface area contributed by atoms with Gasteiger partial charge < -0.3 is 10.1 Å². The molecule has 0 heterocycles. The van der Waals surface area contributed by atoms with Crippen molar-refractivity contribution in [2.75, 3.05) is 12.4 Å². The molecule has 1 N–H and O–H groups in total. The highest BCUT2D eigenvalue weighted by atomic mass is 19.1. The smallest absolute Gasteiger partial charge is 0.177 e. The fourth-order valence-electron chi connectivity index (χ4n) is 1.36. The average Bonchev–Trinajstić information content (AvgIpc) is 2.35. The Morgan fingerprint density at radius 1 is 1.53 bits per heavy atom. The number of carbonyl (C=O) groups is 1. The number of hydrogen-bond acceptors (Lipinski definition) is 3. The Balaban J connectivity index is 3.06. The summed E-state index contributed by atoms with van der Waals surface area (Å²) in [5.74, 6) is -0.366. The minimum absolute atomic E-state index is 0.102. The van der Waals surface area contributed by atoms with Crippen molar-refractivity contribution in [2.24, 2.45) is 0 Å². The summed E-state index contributed by atoms with van der Waals surface area (Å²) >= 11 is 0. The van der Waals surface area contributed by atoms with E-state index >= 15 is 0 Å². The summed E-state index contributed by atoms with van der Waals surface area (Å²) in [6.07, 6.45) is 2.31. The van der Waals surface area contributed by atoms with Crippen LogP contribution in [0.15, 0.2) is 42.1 Å². The Kier molecular flexibility index (Phi) is 4.46. The van der Waals surface area contributed by atoms with Crippen LogP contribution in [-0.4, -0.2) is 13.4 Å². The van der Waals surface area contributed by atoms with Crippen LogP contribution in [0.3, 0.4) is 0 Å². The number of hydrogen-bond donors (Lipinski definition) is 1. The summed E-state index contributed by atoms with van der Waals surface area (Å²) in [6, 6.07) is 4.51. The van der Waals surface area contributed by atoms with Gasteiger partial charge in [0.25, 0.3) is 0 Å². The number of methoxy groups -OCH3 is 1. The molecule has 0 saturated heterocycles. The molecule has 0 aliphatic carbocycles. The summed E-state index contributed by atoms with van der Waals surface area (Å²) < 4.78 is 18.4. The van der Waals surface area contributed by atoms with Crippen molar-refractivity contribution < 1.29 is 13.9 Å². The maximum Gasteiger partial charge on any atom is 0.177 e. The van der Waals surface area contributed by atoms with Gasteiger partial charge in [-0.05, 0) is 19.1 Å². The highest BCUT2D eigenvalue weighted by Gasteiger charge is 2.10. The molecule has 1 rings (SSSR count). The molecular formula is C13H14FNO2. The summed E-state index contributed by atoms with van der Waals surface area (Å²) in [7, 11) is 1.38. The van der Waals surface area contributed by atoms with Crippen LogP contribution < -0.4 is 10.1 Å². The quantitative estimate of drug-likeness (QED) is 0.484.